The van der Waals surface area contributed by atoms with Gasteiger partial charge in [-0.1, -0.05) is 20.8 Å². The molecule has 0 aliphatic rings. The molecule has 0 saturated carbocycles. The van der Waals surface area contributed by atoms with Gasteiger partial charge in [0.05, 0.1) is 6.54 Å². The summed E-state index contributed by atoms with van der Waals surface area (Å²) in [6.45, 7) is 8.50. The van der Waals surface area contributed by atoms with Gasteiger partial charge in [0.2, 0.25) is 10.0 Å². The molecule has 0 spiro atoms. The van der Waals surface area contributed by atoms with Crippen LogP contribution in [-0.4, -0.2) is 32.4 Å². The van der Waals surface area contributed by atoms with Gasteiger partial charge in [0.15, 0.2) is 0 Å². The summed E-state index contributed by atoms with van der Waals surface area (Å²) in [7, 11) is -1.86. The monoisotopic (exact) mass is 274 g/mol. The molecule has 0 aromatic carbocycles. The van der Waals surface area contributed by atoms with E-state index in [1.807, 2.05) is 13.8 Å². The van der Waals surface area contributed by atoms with Crippen molar-refractivity contribution in [2.24, 2.45) is 0 Å². The van der Waals surface area contributed by atoms with Crippen LogP contribution in [-0.2, 0) is 16.6 Å². The molecule has 1 heterocycles. The van der Waals surface area contributed by atoms with Gasteiger partial charge in [-0.05, 0) is 6.92 Å². The van der Waals surface area contributed by atoms with Gasteiger partial charge in [0, 0.05) is 25.7 Å². The standard InChI is InChI=1S/C12H22N2O3S/c1-6-14(5)18(15,16)12-7-11(17-10(12)4)8-13-9(2)3/h7,9,13H,6,8H2,1-5H3. The number of hydrogen-bond acceptors (Lipinski definition) is 4. The Kier molecular flexibility index (Phi) is 4.95. The second-order valence-electron chi connectivity index (χ2n) is 4.59. The van der Waals surface area contributed by atoms with E-state index in [0.29, 0.717) is 30.7 Å². The van der Waals surface area contributed by atoms with Crippen molar-refractivity contribution in [3.05, 3.63) is 17.6 Å². The van der Waals surface area contributed by atoms with E-state index in [4.69, 9.17) is 4.42 Å². The summed E-state index contributed by atoms with van der Waals surface area (Å²) in [6, 6.07) is 1.93. The summed E-state index contributed by atoms with van der Waals surface area (Å²) < 4.78 is 31.1. The highest BCUT2D eigenvalue weighted by atomic mass is 32.2. The van der Waals surface area contributed by atoms with E-state index in [2.05, 4.69) is 5.32 Å². The summed E-state index contributed by atoms with van der Waals surface area (Å²) in [5.41, 5.74) is 0. The Bertz CT molecular complexity index is 491. The van der Waals surface area contributed by atoms with E-state index in [-0.39, 0.29) is 4.90 Å². The fraction of sp³-hybridized carbons (Fsp3) is 0.667. The highest BCUT2D eigenvalue weighted by molar-refractivity contribution is 7.89. The fourth-order valence-corrected chi connectivity index (χ4v) is 2.87. The zero-order valence-corrected chi connectivity index (χ0v) is 12.5. The van der Waals surface area contributed by atoms with Crippen LogP contribution in [0.25, 0.3) is 0 Å². The van der Waals surface area contributed by atoms with Crippen molar-refractivity contribution in [3.63, 3.8) is 0 Å². The maximum Gasteiger partial charge on any atom is 0.246 e. The Labute approximate surface area is 109 Å². The molecule has 18 heavy (non-hydrogen) atoms. The molecular formula is C12H22N2O3S. The highest BCUT2D eigenvalue weighted by Crippen LogP contribution is 2.22. The van der Waals surface area contributed by atoms with E-state index in [0.717, 1.165) is 0 Å². The molecule has 0 atom stereocenters. The summed E-state index contributed by atoms with van der Waals surface area (Å²) in [5.74, 6) is 1.08. The van der Waals surface area contributed by atoms with Crippen molar-refractivity contribution in [1.82, 2.24) is 9.62 Å². The van der Waals surface area contributed by atoms with Crippen LogP contribution in [0.5, 0.6) is 0 Å². The van der Waals surface area contributed by atoms with Gasteiger partial charge in [-0.2, -0.15) is 0 Å². The van der Waals surface area contributed by atoms with Gasteiger partial charge in [-0.25, -0.2) is 12.7 Å². The molecule has 104 valence electrons. The van der Waals surface area contributed by atoms with E-state index in [1.54, 1.807) is 27.0 Å². The molecule has 0 amide bonds. The number of nitrogens with zero attached hydrogens (tertiary/aromatic N) is 1. The van der Waals surface area contributed by atoms with Crippen LogP contribution < -0.4 is 5.32 Å². The van der Waals surface area contributed by atoms with Crippen molar-refractivity contribution in [1.29, 1.82) is 0 Å². The van der Waals surface area contributed by atoms with Gasteiger partial charge in [-0.3, -0.25) is 0 Å². The molecule has 0 bridgehead atoms. The average Bonchev–Trinajstić information content (AvgIpc) is 2.67. The quantitative estimate of drug-likeness (QED) is 0.858. The first-order valence-corrected chi connectivity index (χ1v) is 7.52. The Morgan fingerprint density at radius 1 is 1.44 bits per heavy atom. The third-order valence-corrected chi connectivity index (χ3v) is 4.78. The molecule has 0 fully saturated rings. The minimum absolute atomic E-state index is 0.257. The van der Waals surface area contributed by atoms with Crippen molar-refractivity contribution < 1.29 is 12.8 Å². The van der Waals surface area contributed by atoms with Crippen LogP contribution >= 0.6 is 0 Å². The van der Waals surface area contributed by atoms with Crippen LogP contribution in [0.15, 0.2) is 15.4 Å². The highest BCUT2D eigenvalue weighted by Gasteiger charge is 2.24. The molecule has 1 rings (SSSR count). The van der Waals surface area contributed by atoms with Gasteiger partial charge >= 0.3 is 0 Å². The van der Waals surface area contributed by atoms with E-state index >= 15 is 0 Å². The second-order valence-corrected chi connectivity index (χ2v) is 6.60. The lowest BCUT2D eigenvalue weighted by Crippen LogP contribution is -2.26. The third-order valence-electron chi connectivity index (χ3n) is 2.74. The zero-order valence-electron chi connectivity index (χ0n) is 11.6. The summed E-state index contributed by atoms with van der Waals surface area (Å²) in [6.07, 6.45) is 0. The van der Waals surface area contributed by atoms with Crippen LogP contribution in [0.2, 0.25) is 0 Å². The Balaban J connectivity index is 2.98. The van der Waals surface area contributed by atoms with E-state index in [1.165, 1.54) is 4.31 Å². The van der Waals surface area contributed by atoms with Gasteiger partial charge in [0.25, 0.3) is 0 Å². The van der Waals surface area contributed by atoms with Crippen molar-refractivity contribution in [2.75, 3.05) is 13.6 Å². The smallest absolute Gasteiger partial charge is 0.246 e. The number of aryl methyl sites for hydroxylation is 1. The fourth-order valence-electron chi connectivity index (χ4n) is 1.51. The SMILES string of the molecule is CCN(C)S(=O)(=O)c1cc(CNC(C)C)oc1C. The summed E-state index contributed by atoms with van der Waals surface area (Å²) >= 11 is 0. The first kappa shape index (κ1) is 15.2. The van der Waals surface area contributed by atoms with Crippen molar-refractivity contribution in [3.8, 4) is 0 Å². The van der Waals surface area contributed by atoms with Gasteiger partial charge in [0.1, 0.15) is 16.4 Å². The number of nitrogens with one attached hydrogen (secondary N) is 1. The molecule has 0 radical (unpaired) electrons. The number of rotatable bonds is 6. The Morgan fingerprint density at radius 2 is 2.06 bits per heavy atom. The van der Waals surface area contributed by atoms with Crippen LogP contribution in [0.1, 0.15) is 32.3 Å². The van der Waals surface area contributed by atoms with Gasteiger partial charge in [-0.15, -0.1) is 0 Å². The lowest BCUT2D eigenvalue weighted by molar-refractivity contribution is 0.441. The number of furan rings is 1. The largest absolute Gasteiger partial charge is 0.464 e. The maximum atomic E-state index is 12.2. The predicted molar refractivity (Wildman–Crippen MR) is 70.9 cm³/mol. The third kappa shape index (κ3) is 3.34. The molecule has 0 saturated heterocycles. The summed E-state index contributed by atoms with van der Waals surface area (Å²) in [5, 5.41) is 3.19. The first-order valence-electron chi connectivity index (χ1n) is 6.08. The van der Waals surface area contributed by atoms with Crippen molar-refractivity contribution >= 4 is 10.0 Å². The van der Waals surface area contributed by atoms with E-state index in [9.17, 15) is 8.42 Å². The first-order chi connectivity index (χ1) is 8.28. The molecule has 1 N–H and O–H groups in total. The average molecular weight is 274 g/mol. The van der Waals surface area contributed by atoms with E-state index < -0.39 is 10.0 Å². The minimum Gasteiger partial charge on any atom is -0.464 e. The minimum atomic E-state index is -3.43. The second kappa shape index (κ2) is 5.86. The Morgan fingerprint density at radius 3 is 2.56 bits per heavy atom. The van der Waals surface area contributed by atoms with Crippen molar-refractivity contribution in [2.45, 2.75) is 45.2 Å². The summed E-state index contributed by atoms with van der Waals surface area (Å²) in [4.78, 5) is 0.257. The number of hydrogen-bond donors (Lipinski definition) is 1. The maximum absolute atomic E-state index is 12.2. The lowest BCUT2D eigenvalue weighted by Gasteiger charge is -2.13. The van der Waals surface area contributed by atoms with Crippen LogP contribution in [0.3, 0.4) is 0 Å². The predicted octanol–water partition coefficient (Wildman–Crippen LogP) is 1.73. The molecule has 6 heteroatoms. The normalized spacial score (nSPS) is 12.6. The molecular weight excluding hydrogens is 252 g/mol. The topological polar surface area (TPSA) is 62.6 Å². The molecule has 0 aliphatic carbocycles. The van der Waals surface area contributed by atoms with Crippen LogP contribution in [0, 0.1) is 6.92 Å². The Hall–Kier alpha value is -0.850. The molecule has 0 aliphatic heterocycles. The molecule has 1 aromatic rings. The molecule has 1 aromatic heterocycles. The molecule has 5 nitrogen and oxygen atoms in total. The van der Waals surface area contributed by atoms with Gasteiger partial charge < -0.3 is 9.73 Å². The zero-order chi connectivity index (χ0) is 13.9. The number of sulfonamides is 1. The van der Waals surface area contributed by atoms with Crippen LogP contribution in [0.4, 0.5) is 0 Å². The lowest BCUT2D eigenvalue weighted by atomic mass is 10.3. The molecule has 0 unspecified atom stereocenters.